The number of thiocarbonyl (C=S) groups is 1. The predicted molar refractivity (Wildman–Crippen MR) is 89.0 cm³/mol. The normalized spacial score (nSPS) is 16.3. The van der Waals surface area contributed by atoms with Crippen molar-refractivity contribution in [3.63, 3.8) is 0 Å². The number of rotatable bonds is 3. The fourth-order valence-corrected chi connectivity index (χ4v) is 2.52. The molecular weight excluding hydrogens is 284 g/mol. The Balaban J connectivity index is 0.000000677. The lowest BCUT2D eigenvalue weighted by Crippen LogP contribution is -2.31. The lowest BCUT2D eigenvalue weighted by molar-refractivity contribution is 0.0900. The predicted octanol–water partition coefficient (Wildman–Crippen LogP) is 2.17. The molecule has 0 saturated carbocycles. The molecule has 2 rings (SSSR count). The van der Waals surface area contributed by atoms with E-state index in [2.05, 4.69) is 11.9 Å². The van der Waals surface area contributed by atoms with E-state index in [9.17, 15) is 4.79 Å². The molecule has 4 nitrogen and oxygen atoms in total. The average Bonchev–Trinajstić information content (AvgIpc) is 2.42. The number of allylic oxidation sites excluding steroid dienone is 1. The number of nitrogens with two attached hydrogens (primary N) is 1. The zero-order valence-electron chi connectivity index (χ0n) is 12.3. The van der Waals surface area contributed by atoms with Crippen LogP contribution in [0.3, 0.4) is 0 Å². The van der Waals surface area contributed by atoms with Crippen LogP contribution in [0.4, 0.5) is 0 Å². The van der Waals surface area contributed by atoms with Crippen LogP contribution >= 0.6 is 12.2 Å². The van der Waals surface area contributed by atoms with Gasteiger partial charge in [-0.1, -0.05) is 30.8 Å². The molecule has 0 heterocycles. The molecule has 1 aliphatic rings. The van der Waals surface area contributed by atoms with Gasteiger partial charge in [0.05, 0.1) is 0 Å². The topological polar surface area (TPSA) is 75.4 Å². The first-order chi connectivity index (χ1) is 9.99. The summed E-state index contributed by atoms with van der Waals surface area (Å²) >= 11 is 4.75. The molecule has 0 fully saturated rings. The van der Waals surface area contributed by atoms with Gasteiger partial charge in [-0.25, -0.2) is 0 Å². The van der Waals surface area contributed by atoms with Crippen LogP contribution in [0.25, 0.3) is 0 Å². The summed E-state index contributed by atoms with van der Waals surface area (Å²) < 4.78 is 0. The van der Waals surface area contributed by atoms with Gasteiger partial charge in [-0.2, -0.15) is 0 Å². The largest absolute Gasteiger partial charge is 0.397 e. The van der Waals surface area contributed by atoms with E-state index in [-0.39, 0.29) is 23.4 Å². The Kier molecular flexibility index (Phi) is 7.05. The van der Waals surface area contributed by atoms with Gasteiger partial charge in [0, 0.05) is 23.8 Å². The van der Waals surface area contributed by atoms with E-state index in [0.717, 1.165) is 24.0 Å². The Morgan fingerprint density at radius 2 is 2.14 bits per heavy atom. The maximum atomic E-state index is 12.3. The quantitative estimate of drug-likeness (QED) is 0.746. The summed E-state index contributed by atoms with van der Waals surface area (Å²) in [5, 5.41) is 10.6. The summed E-state index contributed by atoms with van der Waals surface area (Å²) in [5.74, 6) is 0.178. The van der Waals surface area contributed by atoms with E-state index in [1.165, 1.54) is 0 Å². The fourth-order valence-electron chi connectivity index (χ4n) is 2.38. The van der Waals surface area contributed by atoms with E-state index in [1.807, 2.05) is 24.3 Å². The fraction of sp³-hybridized carbons (Fsp3) is 0.375. The molecule has 5 heteroatoms. The van der Waals surface area contributed by atoms with Crippen molar-refractivity contribution >= 4 is 23.1 Å². The van der Waals surface area contributed by atoms with Gasteiger partial charge in [-0.3, -0.25) is 4.79 Å². The Morgan fingerprint density at radius 1 is 1.52 bits per heavy atom. The van der Waals surface area contributed by atoms with E-state index in [0.29, 0.717) is 12.1 Å². The third kappa shape index (κ3) is 5.28. The SMILES string of the molecule is C=C(CC1CCc2ccccc2C1=O)NC(N)=S.CCO. The van der Waals surface area contributed by atoms with Gasteiger partial charge in [0.25, 0.3) is 0 Å². The number of carbonyl (C=O) groups excluding carboxylic acids is 1. The molecule has 1 aromatic carbocycles. The van der Waals surface area contributed by atoms with Crippen molar-refractivity contribution in [1.82, 2.24) is 5.32 Å². The molecule has 1 aliphatic carbocycles. The first-order valence-electron chi connectivity index (χ1n) is 6.96. The first-order valence-corrected chi connectivity index (χ1v) is 7.37. The number of hydrogen-bond donors (Lipinski definition) is 3. The summed E-state index contributed by atoms with van der Waals surface area (Å²) in [6.07, 6.45) is 2.38. The monoisotopic (exact) mass is 306 g/mol. The molecule has 114 valence electrons. The van der Waals surface area contributed by atoms with Crippen LogP contribution in [0, 0.1) is 5.92 Å². The molecule has 0 spiro atoms. The number of hydrogen-bond acceptors (Lipinski definition) is 3. The van der Waals surface area contributed by atoms with Crippen molar-refractivity contribution in [3.8, 4) is 0 Å². The van der Waals surface area contributed by atoms with E-state index in [1.54, 1.807) is 6.92 Å². The van der Waals surface area contributed by atoms with Crippen LogP contribution in [-0.2, 0) is 6.42 Å². The molecule has 0 amide bonds. The smallest absolute Gasteiger partial charge is 0.167 e. The summed E-state index contributed by atoms with van der Waals surface area (Å²) in [6, 6.07) is 7.79. The second-order valence-electron chi connectivity index (χ2n) is 4.87. The summed E-state index contributed by atoms with van der Waals surface area (Å²) in [7, 11) is 0. The van der Waals surface area contributed by atoms with Crippen LogP contribution < -0.4 is 11.1 Å². The minimum absolute atomic E-state index is 0.0192. The molecule has 0 radical (unpaired) electrons. The zero-order valence-corrected chi connectivity index (χ0v) is 13.1. The van der Waals surface area contributed by atoms with E-state index in [4.69, 9.17) is 23.1 Å². The van der Waals surface area contributed by atoms with Gasteiger partial charge >= 0.3 is 0 Å². The number of benzene rings is 1. The highest BCUT2D eigenvalue weighted by Crippen LogP contribution is 2.28. The van der Waals surface area contributed by atoms with Crippen molar-refractivity contribution in [2.75, 3.05) is 6.61 Å². The summed E-state index contributed by atoms with van der Waals surface area (Å²) in [4.78, 5) is 12.3. The van der Waals surface area contributed by atoms with Gasteiger partial charge < -0.3 is 16.2 Å². The standard InChI is InChI=1S/C14H16N2OS.C2H6O/c1-9(16-14(15)18)8-11-7-6-10-4-2-3-5-12(10)13(11)17;1-2-3/h2-5,11H,1,6-8H2,(H3,15,16,18);3H,2H2,1H3. The number of carbonyl (C=O) groups is 1. The second-order valence-corrected chi connectivity index (χ2v) is 5.31. The highest BCUT2D eigenvalue weighted by molar-refractivity contribution is 7.80. The maximum Gasteiger partial charge on any atom is 0.167 e. The van der Waals surface area contributed by atoms with Gasteiger partial charge in [0.2, 0.25) is 0 Å². The molecule has 0 aliphatic heterocycles. The van der Waals surface area contributed by atoms with Crippen molar-refractivity contribution in [2.24, 2.45) is 11.7 Å². The average molecular weight is 306 g/mol. The molecular formula is C16H22N2O2S. The minimum atomic E-state index is -0.0192. The van der Waals surface area contributed by atoms with Gasteiger partial charge in [0.15, 0.2) is 10.9 Å². The Bertz CT molecular complexity index is 529. The molecule has 1 aromatic rings. The van der Waals surface area contributed by atoms with Gasteiger partial charge in [0.1, 0.15) is 0 Å². The summed E-state index contributed by atoms with van der Waals surface area (Å²) in [6.45, 7) is 5.78. The highest BCUT2D eigenvalue weighted by Gasteiger charge is 2.27. The molecule has 1 atom stereocenters. The van der Waals surface area contributed by atoms with Crippen LogP contribution in [0.5, 0.6) is 0 Å². The van der Waals surface area contributed by atoms with Crippen molar-refractivity contribution in [3.05, 3.63) is 47.7 Å². The lowest BCUT2D eigenvalue weighted by atomic mass is 9.80. The Hall–Kier alpha value is -1.72. The lowest BCUT2D eigenvalue weighted by Gasteiger charge is -2.24. The third-order valence-corrected chi connectivity index (χ3v) is 3.31. The first kappa shape index (κ1) is 17.3. The Morgan fingerprint density at radius 3 is 2.76 bits per heavy atom. The molecule has 0 aromatic heterocycles. The molecule has 21 heavy (non-hydrogen) atoms. The zero-order chi connectivity index (χ0) is 15.8. The molecule has 0 bridgehead atoms. The van der Waals surface area contributed by atoms with Crippen molar-refractivity contribution < 1.29 is 9.90 Å². The van der Waals surface area contributed by atoms with Crippen LogP contribution in [0.2, 0.25) is 0 Å². The number of aliphatic hydroxyl groups is 1. The highest BCUT2D eigenvalue weighted by atomic mass is 32.1. The second kappa shape index (κ2) is 8.54. The number of fused-ring (bicyclic) bond motifs is 1. The minimum Gasteiger partial charge on any atom is -0.397 e. The Labute approximate surface area is 131 Å². The third-order valence-electron chi connectivity index (χ3n) is 3.21. The van der Waals surface area contributed by atoms with E-state index < -0.39 is 0 Å². The van der Waals surface area contributed by atoms with Gasteiger partial charge in [-0.15, -0.1) is 0 Å². The number of Topliss-reactive ketones (excluding diaryl/α,β-unsaturated/α-hetero) is 1. The van der Waals surface area contributed by atoms with Crippen molar-refractivity contribution in [2.45, 2.75) is 26.2 Å². The molecule has 4 N–H and O–H groups in total. The summed E-state index contributed by atoms with van der Waals surface area (Å²) in [5.41, 5.74) is 8.08. The number of ketones is 1. The van der Waals surface area contributed by atoms with Crippen LogP contribution in [0.1, 0.15) is 35.7 Å². The number of nitrogens with one attached hydrogen (secondary N) is 1. The molecule has 0 saturated heterocycles. The maximum absolute atomic E-state index is 12.3. The van der Waals surface area contributed by atoms with Gasteiger partial charge in [-0.05, 0) is 44.0 Å². The number of aryl methyl sites for hydroxylation is 1. The number of aliphatic hydroxyl groups excluding tert-OH is 1. The molecule has 1 unspecified atom stereocenters. The van der Waals surface area contributed by atoms with Crippen LogP contribution in [-0.4, -0.2) is 22.6 Å². The van der Waals surface area contributed by atoms with Crippen molar-refractivity contribution in [1.29, 1.82) is 0 Å². The van der Waals surface area contributed by atoms with Crippen LogP contribution in [0.15, 0.2) is 36.5 Å². The van der Waals surface area contributed by atoms with E-state index >= 15 is 0 Å².